The summed E-state index contributed by atoms with van der Waals surface area (Å²) in [5.41, 5.74) is 3.88. The number of nitrogens with one attached hydrogen (secondary N) is 1. The predicted molar refractivity (Wildman–Crippen MR) is 115 cm³/mol. The third kappa shape index (κ3) is 3.85. The molecule has 0 radical (unpaired) electrons. The van der Waals surface area contributed by atoms with E-state index in [1.807, 2.05) is 85.8 Å². The summed E-state index contributed by atoms with van der Waals surface area (Å²) in [6.07, 6.45) is 0. The van der Waals surface area contributed by atoms with Gasteiger partial charge in [-0.3, -0.25) is 9.48 Å². The molecular weight excluding hydrogens is 362 g/mol. The summed E-state index contributed by atoms with van der Waals surface area (Å²) >= 11 is 0. The van der Waals surface area contributed by atoms with Gasteiger partial charge in [-0.25, -0.2) is 0 Å². The molecule has 1 amide bonds. The third-order valence-corrected chi connectivity index (χ3v) is 5.03. The number of benzene rings is 3. The molecule has 0 aliphatic heterocycles. The van der Waals surface area contributed by atoms with Gasteiger partial charge in [0.2, 0.25) is 5.91 Å². The van der Waals surface area contributed by atoms with Crippen molar-refractivity contribution in [3.63, 3.8) is 0 Å². The second-order valence-electron chi connectivity index (χ2n) is 6.92. The first kappa shape index (κ1) is 18.7. The summed E-state index contributed by atoms with van der Waals surface area (Å²) in [4.78, 5) is 12.8. The van der Waals surface area contributed by atoms with E-state index in [9.17, 15) is 4.79 Å². The van der Waals surface area contributed by atoms with E-state index >= 15 is 0 Å². The molecule has 0 fully saturated rings. The lowest BCUT2D eigenvalue weighted by molar-refractivity contribution is -0.124. The normalized spacial score (nSPS) is 11.9. The predicted octanol–water partition coefficient (Wildman–Crippen LogP) is 4.59. The Balaban J connectivity index is 1.57. The van der Waals surface area contributed by atoms with Gasteiger partial charge >= 0.3 is 0 Å². The van der Waals surface area contributed by atoms with Crippen LogP contribution in [0.15, 0.2) is 78.9 Å². The van der Waals surface area contributed by atoms with Gasteiger partial charge in [-0.15, -0.1) is 0 Å². The van der Waals surface area contributed by atoms with Crippen LogP contribution in [-0.2, 0) is 11.3 Å². The number of para-hydroxylation sites is 1. The number of ether oxygens (including phenoxy) is 1. The molecule has 5 heteroatoms. The molecule has 4 rings (SSSR count). The largest absolute Gasteiger partial charge is 0.497 e. The quantitative estimate of drug-likeness (QED) is 0.528. The summed E-state index contributed by atoms with van der Waals surface area (Å²) < 4.78 is 6.98. The fourth-order valence-corrected chi connectivity index (χ4v) is 3.38. The van der Waals surface area contributed by atoms with Crippen LogP contribution < -0.4 is 10.1 Å². The number of aromatic nitrogens is 2. The van der Waals surface area contributed by atoms with Crippen molar-refractivity contribution in [2.45, 2.75) is 19.5 Å². The Morgan fingerprint density at radius 1 is 1.00 bits per heavy atom. The summed E-state index contributed by atoms with van der Waals surface area (Å²) in [5, 5.41) is 8.84. The fraction of sp³-hybridized carbons (Fsp3) is 0.167. The number of nitrogens with zero attached hydrogens (tertiary/aromatic N) is 2. The molecular formula is C24H23N3O2. The second-order valence-corrected chi connectivity index (χ2v) is 6.92. The van der Waals surface area contributed by atoms with E-state index in [0.29, 0.717) is 6.54 Å². The van der Waals surface area contributed by atoms with Gasteiger partial charge in [-0.2, -0.15) is 5.10 Å². The van der Waals surface area contributed by atoms with Crippen LogP contribution >= 0.6 is 0 Å². The van der Waals surface area contributed by atoms with Gasteiger partial charge in [0.05, 0.1) is 12.6 Å². The zero-order valence-corrected chi connectivity index (χ0v) is 16.5. The molecule has 4 aromatic rings. The van der Waals surface area contributed by atoms with Crippen LogP contribution in [0.2, 0.25) is 0 Å². The van der Waals surface area contributed by atoms with E-state index in [0.717, 1.165) is 33.5 Å². The lowest BCUT2D eigenvalue weighted by Gasteiger charge is -2.14. The standard InChI is InChI=1S/C24H23N3O2/c1-17(24(28)25-16-18-12-14-20(29-2)15-13-18)27-22-11-7-6-10-21(22)23(26-27)19-8-4-3-5-9-19/h3-15,17H,16H2,1-2H3,(H,25,28)/t17-/m0/s1. The number of carbonyl (C=O) groups is 1. The molecule has 29 heavy (non-hydrogen) atoms. The molecule has 1 aromatic heterocycles. The number of rotatable bonds is 6. The van der Waals surface area contributed by atoms with Crippen LogP contribution in [0.5, 0.6) is 5.75 Å². The highest BCUT2D eigenvalue weighted by molar-refractivity contribution is 5.94. The molecule has 5 nitrogen and oxygen atoms in total. The van der Waals surface area contributed by atoms with Crippen LogP contribution in [0.25, 0.3) is 22.2 Å². The Hall–Kier alpha value is -3.60. The molecule has 1 N–H and O–H groups in total. The van der Waals surface area contributed by atoms with Crippen molar-refractivity contribution in [3.8, 4) is 17.0 Å². The molecule has 3 aromatic carbocycles. The van der Waals surface area contributed by atoms with Gasteiger partial charge in [0, 0.05) is 17.5 Å². The highest BCUT2D eigenvalue weighted by atomic mass is 16.5. The van der Waals surface area contributed by atoms with Crippen molar-refractivity contribution < 1.29 is 9.53 Å². The first-order chi connectivity index (χ1) is 14.2. The zero-order chi connectivity index (χ0) is 20.2. The number of amides is 1. The summed E-state index contributed by atoms with van der Waals surface area (Å²) in [7, 11) is 1.64. The van der Waals surface area contributed by atoms with E-state index in [4.69, 9.17) is 9.84 Å². The molecule has 0 saturated carbocycles. The van der Waals surface area contributed by atoms with E-state index in [-0.39, 0.29) is 5.91 Å². The Morgan fingerprint density at radius 3 is 2.41 bits per heavy atom. The monoisotopic (exact) mass is 385 g/mol. The van der Waals surface area contributed by atoms with Crippen molar-refractivity contribution >= 4 is 16.8 Å². The van der Waals surface area contributed by atoms with E-state index in [1.54, 1.807) is 11.8 Å². The molecule has 0 aliphatic rings. The van der Waals surface area contributed by atoms with Gasteiger partial charge in [0.25, 0.3) is 0 Å². The molecule has 0 bridgehead atoms. The topological polar surface area (TPSA) is 56.1 Å². The Labute approximate surface area is 169 Å². The van der Waals surface area contributed by atoms with Crippen molar-refractivity contribution in [1.29, 1.82) is 0 Å². The minimum Gasteiger partial charge on any atom is -0.497 e. The number of carbonyl (C=O) groups excluding carboxylic acids is 1. The summed E-state index contributed by atoms with van der Waals surface area (Å²) in [5.74, 6) is 0.721. The van der Waals surface area contributed by atoms with Gasteiger partial charge in [0.1, 0.15) is 17.5 Å². The van der Waals surface area contributed by atoms with Gasteiger partial charge in [0.15, 0.2) is 0 Å². The van der Waals surface area contributed by atoms with Crippen molar-refractivity contribution in [2.24, 2.45) is 0 Å². The minimum atomic E-state index is -0.435. The zero-order valence-electron chi connectivity index (χ0n) is 16.5. The minimum absolute atomic E-state index is 0.0753. The number of hydrogen-bond acceptors (Lipinski definition) is 3. The molecule has 0 unspecified atom stereocenters. The first-order valence-electron chi connectivity index (χ1n) is 9.60. The van der Waals surface area contributed by atoms with E-state index in [2.05, 4.69) is 5.32 Å². The maximum atomic E-state index is 12.8. The SMILES string of the molecule is COc1ccc(CNC(=O)[C@H](C)n2nc(-c3ccccc3)c3ccccc32)cc1. The maximum Gasteiger partial charge on any atom is 0.244 e. The highest BCUT2D eigenvalue weighted by Crippen LogP contribution is 2.29. The molecule has 1 atom stereocenters. The van der Waals surface area contributed by atoms with Crippen LogP contribution in [-0.4, -0.2) is 22.8 Å². The van der Waals surface area contributed by atoms with Crippen molar-refractivity contribution in [3.05, 3.63) is 84.4 Å². The number of methoxy groups -OCH3 is 1. The lowest BCUT2D eigenvalue weighted by atomic mass is 10.1. The molecule has 0 spiro atoms. The number of fused-ring (bicyclic) bond motifs is 1. The average Bonchev–Trinajstić information content (AvgIpc) is 3.17. The van der Waals surface area contributed by atoms with Crippen LogP contribution in [0.1, 0.15) is 18.5 Å². The molecule has 0 aliphatic carbocycles. The van der Waals surface area contributed by atoms with Gasteiger partial charge in [-0.1, -0.05) is 60.7 Å². The average molecular weight is 385 g/mol. The molecule has 146 valence electrons. The summed E-state index contributed by atoms with van der Waals surface area (Å²) in [6, 6.07) is 25.3. The van der Waals surface area contributed by atoms with Gasteiger partial charge in [-0.05, 0) is 30.7 Å². The van der Waals surface area contributed by atoms with Gasteiger partial charge < -0.3 is 10.1 Å². The van der Waals surface area contributed by atoms with Crippen LogP contribution in [0.3, 0.4) is 0 Å². The van der Waals surface area contributed by atoms with Crippen molar-refractivity contribution in [1.82, 2.24) is 15.1 Å². The van der Waals surface area contributed by atoms with E-state index in [1.165, 1.54) is 0 Å². The fourth-order valence-electron chi connectivity index (χ4n) is 3.38. The first-order valence-corrected chi connectivity index (χ1v) is 9.60. The Morgan fingerprint density at radius 2 is 1.69 bits per heavy atom. The molecule has 1 heterocycles. The Bertz CT molecular complexity index is 1120. The maximum absolute atomic E-state index is 12.8. The van der Waals surface area contributed by atoms with Crippen LogP contribution in [0.4, 0.5) is 0 Å². The number of hydrogen-bond donors (Lipinski definition) is 1. The van der Waals surface area contributed by atoms with Crippen molar-refractivity contribution in [2.75, 3.05) is 7.11 Å². The van der Waals surface area contributed by atoms with Crippen LogP contribution in [0, 0.1) is 0 Å². The second kappa shape index (κ2) is 8.19. The lowest BCUT2D eigenvalue weighted by Crippen LogP contribution is -2.31. The summed E-state index contributed by atoms with van der Waals surface area (Å²) in [6.45, 7) is 2.33. The van der Waals surface area contributed by atoms with E-state index < -0.39 is 6.04 Å². The highest BCUT2D eigenvalue weighted by Gasteiger charge is 2.20. The third-order valence-electron chi connectivity index (χ3n) is 5.03. The Kier molecular flexibility index (Phi) is 5.29. The smallest absolute Gasteiger partial charge is 0.244 e. The molecule has 0 saturated heterocycles.